The quantitative estimate of drug-likeness (QED) is 0.590. The van der Waals surface area contributed by atoms with Gasteiger partial charge >= 0.3 is 0 Å². The smallest absolute Gasteiger partial charge is 0.251 e. The molecule has 0 bridgehead atoms. The van der Waals surface area contributed by atoms with Crippen molar-refractivity contribution in [1.82, 2.24) is 9.62 Å². The van der Waals surface area contributed by atoms with Crippen LogP contribution < -0.4 is 14.8 Å². The van der Waals surface area contributed by atoms with E-state index in [1.165, 1.54) is 4.31 Å². The van der Waals surface area contributed by atoms with Crippen LogP contribution in [0.4, 0.5) is 0 Å². The zero-order valence-corrected chi connectivity index (χ0v) is 18.3. The molecule has 0 unspecified atom stereocenters. The molecule has 1 aliphatic heterocycles. The van der Waals surface area contributed by atoms with Crippen molar-refractivity contribution in [2.75, 3.05) is 32.8 Å². The normalized spacial score (nSPS) is 14.5. The van der Waals surface area contributed by atoms with Gasteiger partial charge in [0.1, 0.15) is 18.1 Å². The van der Waals surface area contributed by atoms with E-state index in [1.54, 1.807) is 42.5 Å². The van der Waals surface area contributed by atoms with Crippen molar-refractivity contribution in [3.63, 3.8) is 0 Å². The largest absolute Gasteiger partial charge is 0.492 e. The van der Waals surface area contributed by atoms with Crippen molar-refractivity contribution in [1.29, 1.82) is 0 Å². The highest BCUT2D eigenvalue weighted by atomic mass is 35.5. The third-order valence-corrected chi connectivity index (χ3v) is 6.89. The number of hydrogen-bond donors (Lipinski definition) is 1. The predicted molar refractivity (Wildman–Crippen MR) is 115 cm³/mol. The first-order valence-electron chi connectivity index (χ1n) is 9.85. The molecule has 3 rings (SSSR count). The van der Waals surface area contributed by atoms with Crippen LogP contribution in [-0.4, -0.2) is 51.5 Å². The van der Waals surface area contributed by atoms with Crippen molar-refractivity contribution in [3.05, 3.63) is 53.1 Å². The highest BCUT2D eigenvalue weighted by Gasteiger charge is 2.26. The standard InChI is InChI=1S/C21H25ClN2O5S/c1-2-28-20-10-5-16(15-19(20)22)21(25)23-11-14-29-17-6-8-18(9-7-17)30(26,27)24-12-3-4-13-24/h5-10,15H,2-4,11-14H2,1H3,(H,23,25). The van der Waals surface area contributed by atoms with Gasteiger partial charge in [0, 0.05) is 18.7 Å². The summed E-state index contributed by atoms with van der Waals surface area (Å²) in [7, 11) is -3.43. The number of carbonyl (C=O) groups excluding carboxylic acids is 1. The maximum atomic E-state index is 12.5. The Hall–Kier alpha value is -2.29. The second-order valence-electron chi connectivity index (χ2n) is 6.77. The van der Waals surface area contributed by atoms with E-state index in [9.17, 15) is 13.2 Å². The second kappa shape index (κ2) is 10.1. The Kier molecular flexibility index (Phi) is 7.58. The molecular weight excluding hydrogens is 428 g/mol. The van der Waals surface area contributed by atoms with Gasteiger partial charge < -0.3 is 14.8 Å². The molecule has 1 aliphatic rings. The van der Waals surface area contributed by atoms with E-state index in [0.29, 0.717) is 41.8 Å². The molecule has 2 aromatic rings. The number of nitrogens with one attached hydrogen (secondary N) is 1. The first-order chi connectivity index (χ1) is 14.4. The lowest BCUT2D eigenvalue weighted by Crippen LogP contribution is -2.28. The highest BCUT2D eigenvalue weighted by Crippen LogP contribution is 2.25. The van der Waals surface area contributed by atoms with Crippen molar-refractivity contribution < 1.29 is 22.7 Å². The van der Waals surface area contributed by atoms with Gasteiger partial charge in [-0.15, -0.1) is 0 Å². The van der Waals surface area contributed by atoms with Crippen LogP contribution in [0.3, 0.4) is 0 Å². The summed E-state index contributed by atoms with van der Waals surface area (Å²) in [4.78, 5) is 12.5. The van der Waals surface area contributed by atoms with E-state index >= 15 is 0 Å². The predicted octanol–water partition coefficient (Wildman–Crippen LogP) is 3.33. The van der Waals surface area contributed by atoms with E-state index in [4.69, 9.17) is 21.1 Å². The number of sulfonamides is 1. The molecule has 1 saturated heterocycles. The average Bonchev–Trinajstić information content (AvgIpc) is 3.29. The minimum atomic E-state index is -3.43. The van der Waals surface area contributed by atoms with Crippen molar-refractivity contribution in [2.24, 2.45) is 0 Å². The Morgan fingerprint density at radius 1 is 1.10 bits per heavy atom. The minimum absolute atomic E-state index is 0.245. The Morgan fingerprint density at radius 2 is 1.80 bits per heavy atom. The van der Waals surface area contributed by atoms with Gasteiger partial charge in [-0.1, -0.05) is 11.6 Å². The summed E-state index contributed by atoms with van der Waals surface area (Å²) >= 11 is 6.10. The summed E-state index contributed by atoms with van der Waals surface area (Å²) < 4.78 is 37.5. The molecule has 1 N–H and O–H groups in total. The zero-order chi connectivity index (χ0) is 21.6. The summed E-state index contributed by atoms with van der Waals surface area (Å²) in [6.45, 7) is 4.02. The van der Waals surface area contributed by atoms with Crippen LogP contribution in [0.25, 0.3) is 0 Å². The fourth-order valence-electron chi connectivity index (χ4n) is 3.14. The van der Waals surface area contributed by atoms with Crippen LogP contribution in [0.15, 0.2) is 47.4 Å². The molecule has 0 spiro atoms. The molecule has 0 saturated carbocycles. The monoisotopic (exact) mass is 452 g/mol. The number of benzene rings is 2. The van der Waals surface area contributed by atoms with E-state index in [-0.39, 0.29) is 24.0 Å². The number of carbonyl (C=O) groups is 1. The molecule has 1 fully saturated rings. The number of nitrogens with zero attached hydrogens (tertiary/aromatic N) is 1. The first kappa shape index (κ1) is 22.4. The van der Waals surface area contributed by atoms with Crippen LogP contribution >= 0.6 is 11.6 Å². The fourth-order valence-corrected chi connectivity index (χ4v) is 4.89. The maximum absolute atomic E-state index is 12.5. The lowest BCUT2D eigenvalue weighted by Gasteiger charge is -2.15. The van der Waals surface area contributed by atoms with Gasteiger partial charge in [0.05, 0.1) is 23.1 Å². The summed E-state index contributed by atoms with van der Waals surface area (Å²) in [5.74, 6) is 0.804. The van der Waals surface area contributed by atoms with Crippen LogP contribution in [0.5, 0.6) is 11.5 Å². The second-order valence-corrected chi connectivity index (χ2v) is 9.11. The molecule has 1 amide bonds. The maximum Gasteiger partial charge on any atom is 0.251 e. The molecule has 0 aromatic heterocycles. The molecule has 1 heterocycles. The van der Waals surface area contributed by atoms with Crippen LogP contribution in [-0.2, 0) is 10.0 Å². The van der Waals surface area contributed by atoms with Crippen molar-refractivity contribution in [3.8, 4) is 11.5 Å². The van der Waals surface area contributed by atoms with Crippen molar-refractivity contribution in [2.45, 2.75) is 24.7 Å². The first-order valence-corrected chi connectivity index (χ1v) is 11.7. The molecule has 9 heteroatoms. The number of ether oxygens (including phenoxy) is 2. The Morgan fingerprint density at radius 3 is 2.43 bits per heavy atom. The molecule has 30 heavy (non-hydrogen) atoms. The number of rotatable bonds is 9. The molecule has 0 radical (unpaired) electrons. The van der Waals surface area contributed by atoms with Gasteiger partial charge in [-0.3, -0.25) is 4.79 Å². The lowest BCUT2D eigenvalue weighted by atomic mass is 10.2. The van der Waals surface area contributed by atoms with Crippen LogP contribution in [0.1, 0.15) is 30.1 Å². The third kappa shape index (κ3) is 5.44. The third-order valence-electron chi connectivity index (χ3n) is 4.68. The number of halogens is 1. The van der Waals surface area contributed by atoms with Gasteiger partial charge in [0.2, 0.25) is 10.0 Å². The summed E-state index contributed by atoms with van der Waals surface area (Å²) in [6, 6.07) is 11.2. The highest BCUT2D eigenvalue weighted by molar-refractivity contribution is 7.89. The zero-order valence-electron chi connectivity index (χ0n) is 16.8. The van der Waals surface area contributed by atoms with Gasteiger partial charge in [-0.25, -0.2) is 8.42 Å². The Labute approximate surface area is 182 Å². The number of hydrogen-bond acceptors (Lipinski definition) is 5. The SMILES string of the molecule is CCOc1ccc(C(=O)NCCOc2ccc(S(=O)(=O)N3CCCC3)cc2)cc1Cl. The van der Waals surface area contributed by atoms with Gasteiger partial charge in [0.25, 0.3) is 5.91 Å². The van der Waals surface area contributed by atoms with Crippen LogP contribution in [0.2, 0.25) is 5.02 Å². The molecule has 0 aliphatic carbocycles. The van der Waals surface area contributed by atoms with E-state index in [0.717, 1.165) is 12.8 Å². The summed E-state index contributed by atoms with van der Waals surface area (Å²) in [6.07, 6.45) is 1.80. The fraction of sp³-hybridized carbons (Fsp3) is 0.381. The molecule has 0 atom stereocenters. The van der Waals surface area contributed by atoms with E-state index in [2.05, 4.69) is 5.32 Å². The number of amides is 1. The van der Waals surface area contributed by atoms with Gasteiger partial charge in [-0.05, 0) is 62.2 Å². The van der Waals surface area contributed by atoms with Crippen LogP contribution in [0, 0.1) is 0 Å². The van der Waals surface area contributed by atoms with Gasteiger partial charge in [-0.2, -0.15) is 4.31 Å². The molecular formula is C21H25ClN2O5S. The Bertz CT molecular complexity index is 973. The van der Waals surface area contributed by atoms with E-state index in [1.807, 2.05) is 6.92 Å². The van der Waals surface area contributed by atoms with E-state index < -0.39 is 10.0 Å². The Balaban J connectivity index is 1.47. The molecule has 7 nitrogen and oxygen atoms in total. The lowest BCUT2D eigenvalue weighted by molar-refractivity contribution is 0.0947. The minimum Gasteiger partial charge on any atom is -0.492 e. The van der Waals surface area contributed by atoms with Gasteiger partial charge in [0.15, 0.2) is 0 Å². The average molecular weight is 453 g/mol. The topological polar surface area (TPSA) is 84.9 Å². The summed E-state index contributed by atoms with van der Waals surface area (Å²) in [5, 5.41) is 3.13. The molecule has 162 valence electrons. The van der Waals surface area contributed by atoms with Crippen molar-refractivity contribution >= 4 is 27.5 Å². The molecule has 2 aromatic carbocycles. The summed E-state index contributed by atoms with van der Waals surface area (Å²) in [5.41, 5.74) is 0.430.